The van der Waals surface area contributed by atoms with Crippen molar-refractivity contribution in [3.63, 3.8) is 0 Å². The maximum Gasteiger partial charge on any atom is 0.243 e. The van der Waals surface area contributed by atoms with Gasteiger partial charge in [-0.25, -0.2) is 8.42 Å². The van der Waals surface area contributed by atoms with Crippen molar-refractivity contribution in [2.24, 2.45) is 0 Å². The summed E-state index contributed by atoms with van der Waals surface area (Å²) in [4.78, 5) is 13.7. The molecule has 6 nitrogen and oxygen atoms in total. The van der Waals surface area contributed by atoms with Gasteiger partial charge in [-0.2, -0.15) is 4.31 Å². The van der Waals surface area contributed by atoms with Gasteiger partial charge in [0.1, 0.15) is 0 Å². The van der Waals surface area contributed by atoms with E-state index in [0.29, 0.717) is 42.6 Å². The van der Waals surface area contributed by atoms with Crippen LogP contribution < -0.4 is 5.32 Å². The number of benzene rings is 2. The van der Waals surface area contributed by atoms with Crippen LogP contribution in [0.15, 0.2) is 47.4 Å². The highest BCUT2D eigenvalue weighted by molar-refractivity contribution is 7.89. The Morgan fingerprint density at radius 2 is 1.71 bits per heavy atom. The summed E-state index contributed by atoms with van der Waals surface area (Å²) in [6.45, 7) is 3.21. The number of halogens is 1. The second kappa shape index (κ2) is 8.90. The standard InChI is InChI=1S/C23H27ClN2O4S/c1-17-4-9-20(16-21(17)31(28,29)26-12-14-30-15-13-26)25-22(27)23(10-2-3-11-23)18-5-7-19(24)8-6-18/h4-9,16H,2-3,10-15H2,1H3,(H,25,27). The topological polar surface area (TPSA) is 75.7 Å². The summed E-state index contributed by atoms with van der Waals surface area (Å²) < 4.78 is 33.1. The number of nitrogens with one attached hydrogen (secondary N) is 1. The number of hydrogen-bond acceptors (Lipinski definition) is 4. The highest BCUT2D eigenvalue weighted by atomic mass is 35.5. The van der Waals surface area contributed by atoms with Gasteiger partial charge in [-0.1, -0.05) is 42.6 Å². The summed E-state index contributed by atoms with van der Waals surface area (Å²) in [7, 11) is -3.65. The summed E-state index contributed by atoms with van der Waals surface area (Å²) in [6, 6.07) is 12.5. The number of nitrogens with zero attached hydrogens (tertiary/aromatic N) is 1. The summed E-state index contributed by atoms with van der Waals surface area (Å²) in [5, 5.41) is 3.63. The molecule has 4 rings (SSSR count). The lowest BCUT2D eigenvalue weighted by molar-refractivity contribution is -0.121. The molecule has 0 spiro atoms. The van der Waals surface area contributed by atoms with E-state index in [1.165, 1.54) is 4.31 Å². The zero-order valence-electron chi connectivity index (χ0n) is 17.6. The van der Waals surface area contributed by atoms with Crippen molar-refractivity contribution < 1.29 is 17.9 Å². The van der Waals surface area contributed by atoms with Gasteiger partial charge < -0.3 is 10.1 Å². The van der Waals surface area contributed by atoms with Crippen molar-refractivity contribution >= 4 is 33.2 Å². The molecule has 0 bridgehead atoms. The molecule has 166 valence electrons. The zero-order valence-corrected chi connectivity index (χ0v) is 19.1. The number of rotatable bonds is 5. The summed E-state index contributed by atoms with van der Waals surface area (Å²) in [6.07, 6.45) is 3.46. The second-order valence-corrected chi connectivity index (χ2v) is 10.6. The first-order chi connectivity index (χ1) is 14.8. The highest BCUT2D eigenvalue weighted by Gasteiger charge is 2.42. The Morgan fingerprint density at radius 3 is 2.35 bits per heavy atom. The third kappa shape index (κ3) is 4.37. The quantitative estimate of drug-likeness (QED) is 0.725. The summed E-state index contributed by atoms with van der Waals surface area (Å²) in [5.41, 5.74) is 1.46. The van der Waals surface area contributed by atoms with Gasteiger partial charge in [-0.15, -0.1) is 0 Å². The van der Waals surface area contributed by atoms with Crippen molar-refractivity contribution in [3.05, 3.63) is 58.6 Å². The van der Waals surface area contributed by atoms with E-state index in [-0.39, 0.29) is 10.8 Å². The molecule has 1 amide bonds. The number of morpholine rings is 1. The Bertz CT molecular complexity index is 1060. The van der Waals surface area contributed by atoms with Crippen molar-refractivity contribution in [2.45, 2.75) is 42.9 Å². The minimum atomic E-state index is -3.65. The van der Waals surface area contributed by atoms with Gasteiger partial charge in [0.25, 0.3) is 0 Å². The first-order valence-electron chi connectivity index (χ1n) is 10.6. The monoisotopic (exact) mass is 462 g/mol. The molecule has 1 heterocycles. The fraction of sp³-hybridized carbons (Fsp3) is 0.435. The molecular formula is C23H27ClN2O4S. The number of carbonyl (C=O) groups excluding carboxylic acids is 1. The molecule has 1 aliphatic heterocycles. The summed E-state index contributed by atoms with van der Waals surface area (Å²) >= 11 is 6.04. The van der Waals surface area contributed by atoms with Crippen LogP contribution in [0.3, 0.4) is 0 Å². The Labute approximate surface area is 188 Å². The molecule has 2 aromatic rings. The number of ether oxygens (including phenoxy) is 1. The zero-order chi connectivity index (χ0) is 22.1. The molecule has 0 radical (unpaired) electrons. The van der Waals surface area contributed by atoms with E-state index in [1.54, 1.807) is 25.1 Å². The number of sulfonamides is 1. The first kappa shape index (κ1) is 22.3. The van der Waals surface area contributed by atoms with Gasteiger partial charge in [-0.05, 0) is 55.2 Å². The molecule has 1 saturated heterocycles. The number of amides is 1. The van der Waals surface area contributed by atoms with Crippen LogP contribution in [0.25, 0.3) is 0 Å². The van der Waals surface area contributed by atoms with E-state index in [2.05, 4.69) is 5.32 Å². The molecule has 0 unspecified atom stereocenters. The average Bonchev–Trinajstić information content (AvgIpc) is 3.27. The van der Waals surface area contributed by atoms with Crippen LogP contribution in [0, 0.1) is 6.92 Å². The fourth-order valence-electron chi connectivity index (χ4n) is 4.53. The Balaban J connectivity index is 1.62. The number of aryl methyl sites for hydroxylation is 1. The molecule has 2 fully saturated rings. The lowest BCUT2D eigenvalue weighted by Crippen LogP contribution is -2.41. The number of anilines is 1. The number of hydrogen-bond donors (Lipinski definition) is 1. The van der Waals surface area contributed by atoms with Gasteiger partial charge in [-0.3, -0.25) is 4.79 Å². The average molecular weight is 463 g/mol. The van der Waals surface area contributed by atoms with Crippen LogP contribution in [-0.2, 0) is 25.0 Å². The molecule has 8 heteroatoms. The third-order valence-corrected chi connectivity index (χ3v) is 8.62. The minimum absolute atomic E-state index is 0.106. The Morgan fingerprint density at radius 1 is 1.06 bits per heavy atom. The van der Waals surface area contributed by atoms with E-state index in [0.717, 1.165) is 31.2 Å². The molecule has 1 saturated carbocycles. The maximum atomic E-state index is 13.4. The van der Waals surface area contributed by atoms with E-state index < -0.39 is 15.4 Å². The predicted molar refractivity (Wildman–Crippen MR) is 121 cm³/mol. The minimum Gasteiger partial charge on any atom is -0.379 e. The van der Waals surface area contributed by atoms with Gasteiger partial charge in [0, 0.05) is 23.8 Å². The molecular weight excluding hydrogens is 436 g/mol. The Kier molecular flexibility index (Phi) is 6.40. The SMILES string of the molecule is Cc1ccc(NC(=O)C2(c3ccc(Cl)cc3)CCCC2)cc1S(=O)(=O)N1CCOCC1. The van der Waals surface area contributed by atoms with Crippen molar-refractivity contribution in [1.82, 2.24) is 4.31 Å². The maximum absolute atomic E-state index is 13.4. The predicted octanol–water partition coefficient (Wildman–Crippen LogP) is 4.12. The van der Waals surface area contributed by atoms with Crippen LogP contribution in [0.2, 0.25) is 5.02 Å². The van der Waals surface area contributed by atoms with E-state index in [9.17, 15) is 13.2 Å². The van der Waals surface area contributed by atoms with E-state index in [4.69, 9.17) is 16.3 Å². The van der Waals surface area contributed by atoms with Gasteiger partial charge in [0.15, 0.2) is 0 Å². The largest absolute Gasteiger partial charge is 0.379 e. The van der Waals surface area contributed by atoms with Crippen molar-refractivity contribution in [1.29, 1.82) is 0 Å². The normalized spacial score (nSPS) is 19.3. The lowest BCUT2D eigenvalue weighted by Gasteiger charge is -2.29. The number of carbonyl (C=O) groups is 1. The molecule has 1 N–H and O–H groups in total. The van der Waals surface area contributed by atoms with Gasteiger partial charge in [0.05, 0.1) is 23.5 Å². The third-order valence-electron chi connectivity index (χ3n) is 6.32. The van der Waals surface area contributed by atoms with E-state index >= 15 is 0 Å². The van der Waals surface area contributed by atoms with Gasteiger partial charge >= 0.3 is 0 Å². The highest BCUT2D eigenvalue weighted by Crippen LogP contribution is 2.42. The first-order valence-corrected chi connectivity index (χ1v) is 12.4. The van der Waals surface area contributed by atoms with Gasteiger partial charge in [0.2, 0.25) is 15.9 Å². The lowest BCUT2D eigenvalue weighted by atomic mass is 9.78. The van der Waals surface area contributed by atoms with Crippen LogP contribution in [0.4, 0.5) is 5.69 Å². The Hall–Kier alpha value is -1.93. The van der Waals surface area contributed by atoms with Crippen LogP contribution in [0.5, 0.6) is 0 Å². The molecule has 2 aromatic carbocycles. The molecule has 1 aliphatic carbocycles. The smallest absolute Gasteiger partial charge is 0.243 e. The fourth-order valence-corrected chi connectivity index (χ4v) is 6.31. The molecule has 31 heavy (non-hydrogen) atoms. The second-order valence-electron chi connectivity index (χ2n) is 8.25. The summed E-state index contributed by atoms with van der Waals surface area (Å²) in [5.74, 6) is -0.106. The van der Waals surface area contributed by atoms with Crippen molar-refractivity contribution in [2.75, 3.05) is 31.6 Å². The van der Waals surface area contributed by atoms with Crippen molar-refractivity contribution in [3.8, 4) is 0 Å². The van der Waals surface area contributed by atoms with E-state index in [1.807, 2.05) is 24.3 Å². The van der Waals surface area contributed by atoms with Crippen LogP contribution >= 0.6 is 11.6 Å². The molecule has 0 atom stereocenters. The molecule has 0 aromatic heterocycles. The van der Waals surface area contributed by atoms with Crippen LogP contribution in [0.1, 0.15) is 36.8 Å². The van der Waals surface area contributed by atoms with Crippen LogP contribution in [-0.4, -0.2) is 44.9 Å². The molecule has 2 aliphatic rings.